The zero-order valence-electron chi connectivity index (χ0n) is 13.5. The van der Waals surface area contributed by atoms with Crippen LogP contribution in [0.4, 0.5) is 0 Å². The lowest BCUT2D eigenvalue weighted by Crippen LogP contribution is -2.26. The van der Waals surface area contributed by atoms with E-state index in [4.69, 9.17) is 11.6 Å². The molecule has 116 valence electrons. The van der Waals surface area contributed by atoms with E-state index >= 15 is 0 Å². The molecular formula is C19H22ClNO. The summed E-state index contributed by atoms with van der Waals surface area (Å²) in [6.07, 6.45) is 0. The van der Waals surface area contributed by atoms with Crippen molar-refractivity contribution in [1.82, 2.24) is 5.32 Å². The first-order valence-electron chi connectivity index (χ1n) is 7.44. The van der Waals surface area contributed by atoms with Crippen LogP contribution < -0.4 is 5.32 Å². The first-order valence-corrected chi connectivity index (χ1v) is 7.82. The summed E-state index contributed by atoms with van der Waals surface area (Å²) in [5, 5.41) is 3.56. The number of halogens is 1. The van der Waals surface area contributed by atoms with Crippen LogP contribution >= 0.6 is 11.6 Å². The van der Waals surface area contributed by atoms with Gasteiger partial charge in [0.1, 0.15) is 0 Å². The van der Waals surface area contributed by atoms with Crippen molar-refractivity contribution in [3.63, 3.8) is 0 Å². The Labute approximate surface area is 137 Å². The molecule has 2 nitrogen and oxygen atoms in total. The number of carbonyl (C=O) groups is 1. The lowest BCUT2D eigenvalue weighted by Gasteiger charge is -2.20. The van der Waals surface area contributed by atoms with Gasteiger partial charge in [0.15, 0.2) is 0 Å². The molecule has 2 aromatic rings. The van der Waals surface area contributed by atoms with Gasteiger partial charge in [0.2, 0.25) is 0 Å². The molecule has 0 fully saturated rings. The van der Waals surface area contributed by atoms with Crippen molar-refractivity contribution in [2.24, 2.45) is 0 Å². The summed E-state index contributed by atoms with van der Waals surface area (Å²) in [6, 6.07) is 15.3. The van der Waals surface area contributed by atoms with Crippen molar-refractivity contribution in [1.29, 1.82) is 0 Å². The average molecular weight is 316 g/mol. The van der Waals surface area contributed by atoms with Crippen molar-refractivity contribution in [3.05, 3.63) is 70.2 Å². The number of rotatable bonds is 3. The average Bonchev–Trinajstić information content (AvgIpc) is 2.46. The second-order valence-electron chi connectivity index (χ2n) is 6.58. The minimum Gasteiger partial charge on any atom is -0.346 e. The van der Waals surface area contributed by atoms with Crippen LogP contribution in [0.2, 0.25) is 5.02 Å². The van der Waals surface area contributed by atoms with E-state index < -0.39 is 0 Å². The van der Waals surface area contributed by atoms with Crippen molar-refractivity contribution < 1.29 is 4.79 Å². The number of hydrogen-bond acceptors (Lipinski definition) is 1. The van der Waals surface area contributed by atoms with Gasteiger partial charge in [0.05, 0.1) is 6.04 Å². The molecule has 1 atom stereocenters. The molecule has 0 aliphatic heterocycles. The monoisotopic (exact) mass is 315 g/mol. The smallest absolute Gasteiger partial charge is 0.251 e. The Morgan fingerprint density at radius 2 is 1.73 bits per heavy atom. The lowest BCUT2D eigenvalue weighted by atomic mass is 9.86. The van der Waals surface area contributed by atoms with E-state index in [-0.39, 0.29) is 17.4 Å². The highest BCUT2D eigenvalue weighted by Gasteiger charge is 2.15. The maximum Gasteiger partial charge on any atom is 0.251 e. The molecule has 0 heterocycles. The van der Waals surface area contributed by atoms with Crippen LogP contribution in [0.15, 0.2) is 48.5 Å². The van der Waals surface area contributed by atoms with Gasteiger partial charge in [0.25, 0.3) is 5.91 Å². The number of hydrogen-bond donors (Lipinski definition) is 1. The first kappa shape index (κ1) is 16.6. The first-order chi connectivity index (χ1) is 10.3. The minimum atomic E-state index is -0.116. The summed E-state index contributed by atoms with van der Waals surface area (Å²) in [6.45, 7) is 8.54. The molecule has 0 radical (unpaired) electrons. The number of nitrogens with one attached hydrogen (secondary N) is 1. The molecule has 22 heavy (non-hydrogen) atoms. The molecule has 2 rings (SSSR count). The van der Waals surface area contributed by atoms with Crippen LogP contribution in [0.3, 0.4) is 0 Å². The number of benzene rings is 2. The van der Waals surface area contributed by atoms with Crippen LogP contribution in [0.1, 0.15) is 55.2 Å². The summed E-state index contributed by atoms with van der Waals surface area (Å²) >= 11 is 5.92. The number of carbonyl (C=O) groups excluding carboxylic acids is 1. The third kappa shape index (κ3) is 4.11. The highest BCUT2D eigenvalue weighted by molar-refractivity contribution is 6.30. The summed E-state index contributed by atoms with van der Waals surface area (Å²) in [7, 11) is 0. The lowest BCUT2D eigenvalue weighted by molar-refractivity contribution is 0.0940. The van der Waals surface area contributed by atoms with Crippen molar-refractivity contribution in [3.8, 4) is 0 Å². The molecule has 0 aromatic heterocycles. The summed E-state index contributed by atoms with van der Waals surface area (Å²) < 4.78 is 0. The van der Waals surface area contributed by atoms with E-state index in [2.05, 4.69) is 50.4 Å². The Morgan fingerprint density at radius 1 is 1.09 bits per heavy atom. The van der Waals surface area contributed by atoms with Gasteiger partial charge in [-0.25, -0.2) is 0 Å². The van der Waals surface area contributed by atoms with E-state index in [9.17, 15) is 4.79 Å². The minimum absolute atomic E-state index is 0.0551. The van der Waals surface area contributed by atoms with Crippen molar-refractivity contribution >= 4 is 17.5 Å². The Bertz CT molecular complexity index is 656. The van der Waals surface area contributed by atoms with Gasteiger partial charge < -0.3 is 5.32 Å². The summed E-state index contributed by atoms with van der Waals surface area (Å²) in [4.78, 5) is 12.2. The molecule has 0 saturated heterocycles. The Hall–Kier alpha value is -1.80. The van der Waals surface area contributed by atoms with Crippen LogP contribution in [-0.2, 0) is 5.41 Å². The Kier molecular flexibility index (Phi) is 4.92. The fourth-order valence-corrected chi connectivity index (χ4v) is 2.46. The van der Waals surface area contributed by atoms with E-state index in [1.807, 2.05) is 6.92 Å². The summed E-state index contributed by atoms with van der Waals surface area (Å²) in [5.74, 6) is -0.116. The highest BCUT2D eigenvalue weighted by Crippen LogP contribution is 2.24. The predicted octanol–water partition coefficient (Wildman–Crippen LogP) is 5.13. The second-order valence-corrected chi connectivity index (χ2v) is 7.01. The zero-order chi connectivity index (χ0) is 16.3. The molecule has 3 heteroatoms. The normalized spacial score (nSPS) is 12.8. The van der Waals surface area contributed by atoms with Crippen LogP contribution in [0, 0.1) is 0 Å². The number of amides is 1. The molecule has 0 aliphatic rings. The molecular weight excluding hydrogens is 294 g/mol. The molecule has 2 aromatic carbocycles. The van der Waals surface area contributed by atoms with Gasteiger partial charge in [-0.2, -0.15) is 0 Å². The van der Waals surface area contributed by atoms with Crippen molar-refractivity contribution in [2.75, 3.05) is 0 Å². The van der Waals surface area contributed by atoms with E-state index in [0.29, 0.717) is 10.6 Å². The van der Waals surface area contributed by atoms with Gasteiger partial charge in [-0.3, -0.25) is 4.79 Å². The third-order valence-electron chi connectivity index (χ3n) is 3.71. The SMILES string of the molecule is C[C@@H](NC(=O)c1cccc(Cl)c1)c1ccc(C(C)(C)C)cc1. The Balaban J connectivity index is 2.09. The fourth-order valence-electron chi connectivity index (χ4n) is 2.26. The zero-order valence-corrected chi connectivity index (χ0v) is 14.2. The molecule has 1 N–H and O–H groups in total. The molecule has 0 aliphatic carbocycles. The largest absolute Gasteiger partial charge is 0.346 e. The molecule has 0 spiro atoms. The highest BCUT2D eigenvalue weighted by atomic mass is 35.5. The Morgan fingerprint density at radius 3 is 2.27 bits per heavy atom. The quantitative estimate of drug-likeness (QED) is 0.836. The second kappa shape index (κ2) is 6.53. The molecule has 1 amide bonds. The van der Waals surface area contributed by atoms with Gasteiger partial charge in [-0.15, -0.1) is 0 Å². The molecule has 0 bridgehead atoms. The van der Waals surface area contributed by atoms with E-state index in [0.717, 1.165) is 5.56 Å². The standard InChI is InChI=1S/C19H22ClNO/c1-13(14-8-10-16(11-9-14)19(2,3)4)21-18(22)15-6-5-7-17(20)12-15/h5-13H,1-4H3,(H,21,22)/t13-/m1/s1. The van der Waals surface area contributed by atoms with Gasteiger partial charge >= 0.3 is 0 Å². The van der Waals surface area contributed by atoms with Crippen LogP contribution in [0.5, 0.6) is 0 Å². The molecule has 0 unspecified atom stereocenters. The maximum absolute atomic E-state index is 12.2. The fraction of sp³-hybridized carbons (Fsp3) is 0.316. The van der Waals surface area contributed by atoms with Gasteiger partial charge in [0, 0.05) is 10.6 Å². The van der Waals surface area contributed by atoms with Crippen LogP contribution in [0.25, 0.3) is 0 Å². The topological polar surface area (TPSA) is 29.1 Å². The van der Waals surface area contributed by atoms with Gasteiger partial charge in [-0.1, -0.05) is 62.7 Å². The van der Waals surface area contributed by atoms with Crippen molar-refractivity contribution in [2.45, 2.75) is 39.2 Å². The maximum atomic E-state index is 12.2. The van der Waals surface area contributed by atoms with Gasteiger partial charge in [-0.05, 0) is 41.7 Å². The predicted molar refractivity (Wildman–Crippen MR) is 92.5 cm³/mol. The third-order valence-corrected chi connectivity index (χ3v) is 3.95. The summed E-state index contributed by atoms with van der Waals surface area (Å²) in [5.41, 5.74) is 3.07. The van der Waals surface area contributed by atoms with Crippen LogP contribution in [-0.4, -0.2) is 5.91 Å². The van der Waals surface area contributed by atoms with E-state index in [1.54, 1.807) is 24.3 Å². The molecule has 0 saturated carbocycles. The van der Waals surface area contributed by atoms with E-state index in [1.165, 1.54) is 5.56 Å².